The van der Waals surface area contributed by atoms with Gasteiger partial charge in [0.1, 0.15) is 25.6 Å². The first-order valence-corrected chi connectivity index (χ1v) is 9.69. The largest absolute Gasteiger partial charge is 0.492 e. The zero-order valence-corrected chi connectivity index (χ0v) is 16.5. The lowest BCUT2D eigenvalue weighted by Crippen LogP contribution is -2.36. The minimum atomic E-state index is -0.962. The maximum absolute atomic E-state index is 12.5. The number of carbonyl (C=O) groups is 2. The molecule has 2 heterocycles. The minimum absolute atomic E-state index is 0.198. The fourth-order valence-corrected chi connectivity index (χ4v) is 3.40. The van der Waals surface area contributed by atoms with Gasteiger partial charge in [0.2, 0.25) is 0 Å². The highest BCUT2D eigenvalue weighted by atomic mass is 35.5. The number of fused-ring (bicyclic) bond motifs is 2. The highest BCUT2D eigenvalue weighted by Gasteiger charge is 2.30. The molecule has 4 rings (SSSR count). The molecule has 2 aromatic carbocycles. The van der Waals surface area contributed by atoms with Crippen LogP contribution in [0.4, 0.5) is 5.69 Å². The van der Waals surface area contributed by atoms with Gasteiger partial charge in [-0.05, 0) is 49.2 Å². The van der Waals surface area contributed by atoms with Crippen LogP contribution >= 0.6 is 11.6 Å². The van der Waals surface area contributed by atoms with Gasteiger partial charge < -0.3 is 24.3 Å². The predicted octanol–water partition coefficient (Wildman–Crippen LogP) is 3.23. The van der Waals surface area contributed by atoms with Gasteiger partial charge >= 0.3 is 5.97 Å². The molecule has 1 N–H and O–H groups in total. The van der Waals surface area contributed by atoms with Crippen molar-refractivity contribution in [3.8, 4) is 17.2 Å². The summed E-state index contributed by atoms with van der Waals surface area (Å²) in [5, 5.41) is 3.30. The highest BCUT2D eigenvalue weighted by molar-refractivity contribution is 6.30. The van der Waals surface area contributed by atoms with Crippen LogP contribution in [-0.2, 0) is 20.7 Å². The summed E-state index contributed by atoms with van der Waals surface area (Å²) in [5.41, 5.74) is 1.38. The van der Waals surface area contributed by atoms with Crippen LogP contribution in [0.25, 0.3) is 0 Å². The van der Waals surface area contributed by atoms with E-state index < -0.39 is 23.9 Å². The first kappa shape index (κ1) is 19.4. The van der Waals surface area contributed by atoms with Crippen LogP contribution in [0.1, 0.15) is 12.5 Å². The number of rotatable bonds is 4. The van der Waals surface area contributed by atoms with E-state index >= 15 is 0 Å². The van der Waals surface area contributed by atoms with E-state index in [1.165, 1.54) is 6.92 Å². The van der Waals surface area contributed by atoms with Gasteiger partial charge in [0.25, 0.3) is 5.91 Å². The van der Waals surface area contributed by atoms with E-state index in [1.807, 2.05) is 0 Å². The van der Waals surface area contributed by atoms with Crippen LogP contribution in [0.15, 0.2) is 36.4 Å². The van der Waals surface area contributed by atoms with Gasteiger partial charge in [-0.3, -0.25) is 9.59 Å². The number of amides is 1. The Morgan fingerprint density at radius 2 is 1.83 bits per heavy atom. The molecule has 2 atom stereocenters. The van der Waals surface area contributed by atoms with Crippen LogP contribution in [0, 0.1) is 5.92 Å². The maximum Gasteiger partial charge on any atom is 0.313 e. The van der Waals surface area contributed by atoms with Crippen molar-refractivity contribution < 1.29 is 28.5 Å². The fraction of sp³-hybridized carbons (Fsp3) is 0.333. The predicted molar refractivity (Wildman–Crippen MR) is 106 cm³/mol. The van der Waals surface area contributed by atoms with Crippen LogP contribution in [0.3, 0.4) is 0 Å². The molecule has 0 radical (unpaired) electrons. The van der Waals surface area contributed by atoms with E-state index in [4.69, 9.17) is 30.5 Å². The molecule has 0 aliphatic carbocycles. The number of esters is 1. The second kappa shape index (κ2) is 8.21. The van der Waals surface area contributed by atoms with Gasteiger partial charge in [0.05, 0.1) is 5.92 Å². The van der Waals surface area contributed by atoms with E-state index in [9.17, 15) is 9.59 Å². The highest BCUT2D eigenvalue weighted by Crippen LogP contribution is 2.33. The van der Waals surface area contributed by atoms with E-state index in [0.29, 0.717) is 47.6 Å². The fourth-order valence-electron chi connectivity index (χ4n) is 3.20. The zero-order valence-electron chi connectivity index (χ0n) is 15.8. The van der Waals surface area contributed by atoms with Gasteiger partial charge in [-0.1, -0.05) is 11.6 Å². The first-order chi connectivity index (χ1) is 14.0. The van der Waals surface area contributed by atoms with Gasteiger partial charge in [0.15, 0.2) is 17.6 Å². The second-order valence-corrected chi connectivity index (χ2v) is 7.33. The van der Waals surface area contributed by atoms with Gasteiger partial charge in [-0.15, -0.1) is 0 Å². The molecule has 8 heteroatoms. The summed E-state index contributed by atoms with van der Waals surface area (Å²) in [6, 6.07) is 10.4. The monoisotopic (exact) mass is 417 g/mol. The third-order valence-electron chi connectivity index (χ3n) is 4.73. The minimum Gasteiger partial charge on any atom is -0.492 e. The Balaban J connectivity index is 1.34. The van der Waals surface area contributed by atoms with Crippen molar-refractivity contribution in [2.24, 2.45) is 5.92 Å². The summed E-state index contributed by atoms with van der Waals surface area (Å²) in [6.45, 7) is 2.67. The van der Waals surface area contributed by atoms with Gasteiger partial charge in [0, 0.05) is 16.8 Å². The molecule has 2 aliphatic heterocycles. The Bertz CT molecular complexity index is 947. The average molecular weight is 418 g/mol. The number of benzene rings is 2. The van der Waals surface area contributed by atoms with Gasteiger partial charge in [-0.25, -0.2) is 0 Å². The molecule has 0 aromatic heterocycles. The number of hydrogen-bond acceptors (Lipinski definition) is 6. The summed E-state index contributed by atoms with van der Waals surface area (Å²) in [4.78, 5) is 24.9. The number of carbonyl (C=O) groups excluding carboxylic acids is 2. The Labute approximate surface area is 172 Å². The lowest BCUT2D eigenvalue weighted by atomic mass is 9.97. The molecule has 0 fully saturated rings. The van der Waals surface area contributed by atoms with Crippen molar-refractivity contribution >= 4 is 29.2 Å². The second-order valence-electron chi connectivity index (χ2n) is 6.89. The maximum atomic E-state index is 12.5. The van der Waals surface area contributed by atoms with E-state index in [2.05, 4.69) is 5.32 Å². The van der Waals surface area contributed by atoms with E-state index in [0.717, 1.165) is 5.56 Å². The molecule has 0 unspecified atom stereocenters. The molecule has 2 aromatic rings. The molecular weight excluding hydrogens is 398 g/mol. The lowest BCUT2D eigenvalue weighted by Gasteiger charge is -2.25. The molecule has 29 heavy (non-hydrogen) atoms. The van der Waals surface area contributed by atoms with Crippen molar-refractivity contribution in [2.75, 3.05) is 25.1 Å². The molecule has 7 nitrogen and oxygen atoms in total. The molecule has 0 bridgehead atoms. The Kier molecular flexibility index (Phi) is 5.49. The van der Waals surface area contributed by atoms with Crippen LogP contribution in [-0.4, -0.2) is 37.8 Å². The molecular formula is C21H20ClNO6. The Morgan fingerprint density at radius 3 is 2.66 bits per heavy atom. The number of anilines is 1. The first-order valence-electron chi connectivity index (χ1n) is 9.32. The SMILES string of the molecule is C[C@H](OC(=O)[C@H]1COc2ccc(Cl)cc2C1)C(=O)Nc1ccc2c(c1)OCCO2. The smallest absolute Gasteiger partial charge is 0.313 e. The molecule has 0 spiro atoms. The summed E-state index contributed by atoms with van der Waals surface area (Å²) in [5.74, 6) is 0.491. The van der Waals surface area contributed by atoms with Crippen molar-refractivity contribution in [1.29, 1.82) is 0 Å². The summed E-state index contributed by atoms with van der Waals surface area (Å²) in [6.07, 6.45) is -0.512. The van der Waals surface area contributed by atoms with Gasteiger partial charge in [-0.2, -0.15) is 0 Å². The van der Waals surface area contributed by atoms with Crippen molar-refractivity contribution in [3.05, 3.63) is 47.0 Å². The standard InChI is InChI=1S/C21H20ClNO6/c1-12(20(24)23-16-3-5-18-19(10-16)27-7-6-26-18)29-21(25)14-8-13-9-15(22)2-4-17(13)28-11-14/h2-5,9-10,12,14H,6-8,11H2,1H3,(H,23,24)/t12-,14+/m0/s1. The van der Waals surface area contributed by atoms with Crippen LogP contribution < -0.4 is 19.5 Å². The van der Waals surface area contributed by atoms with Crippen LogP contribution in [0.2, 0.25) is 5.02 Å². The summed E-state index contributed by atoms with van der Waals surface area (Å²) in [7, 11) is 0. The molecule has 2 aliphatic rings. The molecule has 152 valence electrons. The molecule has 0 saturated carbocycles. The number of halogens is 1. The zero-order chi connectivity index (χ0) is 20.4. The lowest BCUT2D eigenvalue weighted by molar-refractivity contribution is -0.158. The van der Waals surface area contributed by atoms with Crippen molar-refractivity contribution in [1.82, 2.24) is 0 Å². The third-order valence-corrected chi connectivity index (χ3v) is 4.97. The number of ether oxygens (including phenoxy) is 4. The molecule has 0 saturated heterocycles. The van der Waals surface area contributed by atoms with Crippen LogP contribution in [0.5, 0.6) is 17.2 Å². The average Bonchev–Trinajstić information content (AvgIpc) is 2.73. The topological polar surface area (TPSA) is 83.1 Å². The number of hydrogen-bond donors (Lipinski definition) is 1. The Morgan fingerprint density at radius 1 is 1.07 bits per heavy atom. The van der Waals surface area contributed by atoms with E-state index in [1.54, 1.807) is 36.4 Å². The number of nitrogens with one attached hydrogen (secondary N) is 1. The summed E-state index contributed by atoms with van der Waals surface area (Å²) < 4.78 is 21.9. The molecule has 1 amide bonds. The van der Waals surface area contributed by atoms with Crippen molar-refractivity contribution in [2.45, 2.75) is 19.4 Å². The Hall–Kier alpha value is -2.93. The quantitative estimate of drug-likeness (QED) is 0.769. The van der Waals surface area contributed by atoms with Crippen molar-refractivity contribution in [3.63, 3.8) is 0 Å². The third kappa shape index (κ3) is 4.40. The summed E-state index contributed by atoms with van der Waals surface area (Å²) >= 11 is 6.01. The van der Waals surface area contributed by atoms with E-state index in [-0.39, 0.29) is 6.61 Å². The normalized spacial score (nSPS) is 18.1.